The van der Waals surface area contributed by atoms with Gasteiger partial charge < -0.3 is 15.0 Å². The quantitative estimate of drug-likeness (QED) is 0.653. The highest BCUT2D eigenvalue weighted by Gasteiger charge is 2.27. The van der Waals surface area contributed by atoms with E-state index in [2.05, 4.69) is 24.2 Å². The largest absolute Gasteiger partial charge is 0.465 e. The van der Waals surface area contributed by atoms with E-state index in [-0.39, 0.29) is 12.0 Å². The van der Waals surface area contributed by atoms with Gasteiger partial charge in [0, 0.05) is 12.6 Å². The van der Waals surface area contributed by atoms with Crippen molar-refractivity contribution in [3.63, 3.8) is 0 Å². The number of nitrogens with zero attached hydrogens (tertiary/aromatic N) is 1. The number of nitrogens with one attached hydrogen (secondary N) is 1. The molecule has 0 aromatic rings. The predicted octanol–water partition coefficient (Wildman–Crippen LogP) is 1.40. The Morgan fingerprint density at radius 1 is 1.47 bits per heavy atom. The highest BCUT2D eigenvalue weighted by molar-refractivity contribution is 5.76. The van der Waals surface area contributed by atoms with Gasteiger partial charge in [-0.05, 0) is 39.8 Å². The van der Waals surface area contributed by atoms with Crippen molar-refractivity contribution in [3.05, 3.63) is 0 Å². The monoisotopic (exact) mass is 242 g/mol. The molecular weight excluding hydrogens is 216 g/mol. The van der Waals surface area contributed by atoms with Gasteiger partial charge in [0.1, 0.15) is 6.04 Å². The Morgan fingerprint density at radius 2 is 2.18 bits per heavy atom. The zero-order valence-electron chi connectivity index (χ0n) is 11.4. The number of rotatable bonds is 8. The van der Waals surface area contributed by atoms with Gasteiger partial charge in [-0.1, -0.05) is 13.3 Å². The first-order chi connectivity index (χ1) is 8.19. The van der Waals surface area contributed by atoms with Crippen molar-refractivity contribution in [1.82, 2.24) is 10.2 Å². The topological polar surface area (TPSA) is 41.6 Å². The Hall–Kier alpha value is -0.610. The van der Waals surface area contributed by atoms with Crippen LogP contribution >= 0.6 is 0 Å². The van der Waals surface area contributed by atoms with Gasteiger partial charge in [0.05, 0.1) is 6.61 Å². The fourth-order valence-corrected chi connectivity index (χ4v) is 2.05. The van der Waals surface area contributed by atoms with Crippen LogP contribution in [0.3, 0.4) is 0 Å². The van der Waals surface area contributed by atoms with Crippen molar-refractivity contribution in [3.8, 4) is 0 Å². The molecule has 1 unspecified atom stereocenters. The fourth-order valence-electron chi connectivity index (χ4n) is 2.05. The Labute approximate surface area is 105 Å². The average molecular weight is 242 g/mol. The number of carbonyl (C=O) groups excluding carboxylic acids is 1. The second-order valence-corrected chi connectivity index (χ2v) is 4.78. The molecule has 0 spiro atoms. The van der Waals surface area contributed by atoms with E-state index in [1.165, 1.54) is 19.3 Å². The number of hydrogen-bond acceptors (Lipinski definition) is 4. The summed E-state index contributed by atoms with van der Waals surface area (Å²) in [5, 5.41) is 3.27. The first-order valence-electron chi connectivity index (χ1n) is 6.79. The standard InChI is InChI=1S/C13H26N2O2/c1-4-9-14-12(13(16)17-5-2)10-15(3)11-7-6-8-11/h11-12,14H,4-10H2,1-3H3. The van der Waals surface area contributed by atoms with E-state index in [9.17, 15) is 4.79 Å². The van der Waals surface area contributed by atoms with Crippen LogP contribution in [0.15, 0.2) is 0 Å². The molecule has 0 saturated heterocycles. The van der Waals surface area contributed by atoms with Gasteiger partial charge in [-0.25, -0.2) is 0 Å². The molecule has 4 heteroatoms. The Morgan fingerprint density at radius 3 is 2.65 bits per heavy atom. The molecule has 4 nitrogen and oxygen atoms in total. The lowest BCUT2D eigenvalue weighted by Crippen LogP contribution is -2.50. The highest BCUT2D eigenvalue weighted by Crippen LogP contribution is 2.23. The molecular formula is C13H26N2O2. The van der Waals surface area contributed by atoms with Crippen LogP contribution in [0, 0.1) is 0 Å². The van der Waals surface area contributed by atoms with Crippen molar-refractivity contribution < 1.29 is 9.53 Å². The molecule has 0 aromatic heterocycles. The van der Waals surface area contributed by atoms with Gasteiger partial charge in [0.2, 0.25) is 0 Å². The van der Waals surface area contributed by atoms with Crippen LogP contribution in [0.5, 0.6) is 0 Å². The van der Waals surface area contributed by atoms with E-state index in [1.54, 1.807) is 0 Å². The summed E-state index contributed by atoms with van der Waals surface area (Å²) in [4.78, 5) is 14.1. The third-order valence-corrected chi connectivity index (χ3v) is 3.38. The van der Waals surface area contributed by atoms with E-state index in [1.807, 2.05) is 6.92 Å². The van der Waals surface area contributed by atoms with Crippen LogP contribution in [-0.4, -0.2) is 49.7 Å². The summed E-state index contributed by atoms with van der Waals surface area (Å²) in [6, 6.07) is 0.482. The maximum Gasteiger partial charge on any atom is 0.324 e. The van der Waals surface area contributed by atoms with Crippen LogP contribution in [0.25, 0.3) is 0 Å². The van der Waals surface area contributed by atoms with E-state index < -0.39 is 0 Å². The van der Waals surface area contributed by atoms with Crippen LogP contribution in [0.2, 0.25) is 0 Å². The fraction of sp³-hybridized carbons (Fsp3) is 0.923. The summed E-state index contributed by atoms with van der Waals surface area (Å²) in [7, 11) is 2.10. The number of ether oxygens (including phenoxy) is 1. The lowest BCUT2D eigenvalue weighted by Gasteiger charge is -2.36. The number of esters is 1. The van der Waals surface area contributed by atoms with Gasteiger partial charge >= 0.3 is 5.97 Å². The zero-order chi connectivity index (χ0) is 12.7. The molecule has 0 aromatic carbocycles. The average Bonchev–Trinajstić information content (AvgIpc) is 2.21. The highest BCUT2D eigenvalue weighted by atomic mass is 16.5. The first-order valence-corrected chi connectivity index (χ1v) is 6.79. The Kier molecular flexibility index (Phi) is 6.52. The molecule has 1 saturated carbocycles. The van der Waals surface area contributed by atoms with E-state index in [4.69, 9.17) is 4.74 Å². The van der Waals surface area contributed by atoms with Crippen LogP contribution in [0.1, 0.15) is 39.5 Å². The van der Waals surface area contributed by atoms with E-state index in [0.717, 1.165) is 19.5 Å². The minimum absolute atomic E-state index is 0.118. The molecule has 0 amide bonds. The summed E-state index contributed by atoms with van der Waals surface area (Å²) < 4.78 is 5.11. The molecule has 17 heavy (non-hydrogen) atoms. The summed E-state index contributed by atoms with van der Waals surface area (Å²) in [6.07, 6.45) is 4.88. The number of likely N-dealkylation sites (N-methyl/N-ethyl adjacent to an activating group) is 1. The second kappa shape index (κ2) is 7.67. The minimum atomic E-state index is -0.180. The molecule has 0 aliphatic heterocycles. The van der Waals surface area contributed by atoms with Crippen molar-refractivity contribution in [2.45, 2.75) is 51.6 Å². The van der Waals surface area contributed by atoms with E-state index >= 15 is 0 Å². The van der Waals surface area contributed by atoms with Gasteiger partial charge in [-0.15, -0.1) is 0 Å². The normalized spacial score (nSPS) is 17.9. The maximum atomic E-state index is 11.8. The SMILES string of the molecule is CCCNC(CN(C)C1CCC1)C(=O)OCC. The molecule has 1 N–H and O–H groups in total. The molecule has 0 bridgehead atoms. The lowest BCUT2D eigenvalue weighted by molar-refractivity contribution is -0.146. The molecule has 1 rings (SSSR count). The van der Waals surface area contributed by atoms with E-state index in [0.29, 0.717) is 12.6 Å². The van der Waals surface area contributed by atoms with Crippen LogP contribution < -0.4 is 5.32 Å². The molecule has 1 aliphatic carbocycles. The summed E-state index contributed by atoms with van der Waals surface area (Å²) in [6.45, 7) is 6.02. The summed E-state index contributed by atoms with van der Waals surface area (Å²) in [5.74, 6) is -0.118. The van der Waals surface area contributed by atoms with Crippen molar-refractivity contribution in [2.75, 3.05) is 26.7 Å². The van der Waals surface area contributed by atoms with Crippen molar-refractivity contribution >= 4 is 5.97 Å². The Bertz CT molecular complexity index is 229. The number of hydrogen-bond donors (Lipinski definition) is 1. The maximum absolute atomic E-state index is 11.8. The molecule has 0 heterocycles. The Balaban J connectivity index is 2.40. The summed E-state index contributed by atoms with van der Waals surface area (Å²) >= 11 is 0. The lowest BCUT2D eigenvalue weighted by atomic mass is 9.91. The minimum Gasteiger partial charge on any atom is -0.465 e. The van der Waals surface area contributed by atoms with Crippen LogP contribution in [0.4, 0.5) is 0 Å². The van der Waals surface area contributed by atoms with Crippen molar-refractivity contribution in [1.29, 1.82) is 0 Å². The molecule has 1 fully saturated rings. The third kappa shape index (κ3) is 4.64. The molecule has 0 radical (unpaired) electrons. The van der Waals surface area contributed by atoms with Gasteiger partial charge in [-0.3, -0.25) is 4.79 Å². The van der Waals surface area contributed by atoms with Crippen LogP contribution in [-0.2, 0) is 9.53 Å². The molecule has 100 valence electrons. The summed E-state index contributed by atoms with van der Waals surface area (Å²) in [5.41, 5.74) is 0. The van der Waals surface area contributed by atoms with Gasteiger partial charge in [-0.2, -0.15) is 0 Å². The third-order valence-electron chi connectivity index (χ3n) is 3.38. The molecule has 1 atom stereocenters. The number of carbonyl (C=O) groups is 1. The van der Waals surface area contributed by atoms with Crippen molar-refractivity contribution in [2.24, 2.45) is 0 Å². The second-order valence-electron chi connectivity index (χ2n) is 4.78. The predicted molar refractivity (Wildman–Crippen MR) is 69.0 cm³/mol. The smallest absolute Gasteiger partial charge is 0.324 e. The van der Waals surface area contributed by atoms with Gasteiger partial charge in [0.25, 0.3) is 0 Å². The first kappa shape index (κ1) is 14.5. The zero-order valence-corrected chi connectivity index (χ0v) is 11.4. The van der Waals surface area contributed by atoms with Gasteiger partial charge in [0.15, 0.2) is 0 Å². The molecule has 1 aliphatic rings.